The van der Waals surface area contributed by atoms with Gasteiger partial charge >= 0.3 is 5.97 Å². The summed E-state index contributed by atoms with van der Waals surface area (Å²) in [7, 11) is 0. The number of ether oxygens (including phenoxy) is 1. The first kappa shape index (κ1) is 12.8. The van der Waals surface area contributed by atoms with Gasteiger partial charge in [-0.1, -0.05) is 39.0 Å². The molecule has 0 radical (unpaired) electrons. The lowest BCUT2D eigenvalue weighted by atomic mass is 10.1. The van der Waals surface area contributed by atoms with Gasteiger partial charge in [-0.05, 0) is 34.8 Å². The number of halogens is 1. The Labute approximate surface area is 100 Å². The van der Waals surface area contributed by atoms with E-state index in [4.69, 9.17) is 4.74 Å². The zero-order valence-electron chi connectivity index (χ0n) is 9.30. The van der Waals surface area contributed by atoms with E-state index >= 15 is 0 Å². The molecule has 86 valence electrons. The van der Waals surface area contributed by atoms with Crippen LogP contribution in [0.1, 0.15) is 51.9 Å². The lowest BCUT2D eigenvalue weighted by Crippen LogP contribution is -2.07. The fourth-order valence-corrected chi connectivity index (χ4v) is 2.12. The minimum atomic E-state index is -0.217. The molecule has 0 aromatic carbocycles. The summed E-state index contributed by atoms with van der Waals surface area (Å²) < 4.78 is 5.70. The summed E-state index contributed by atoms with van der Waals surface area (Å²) >= 11 is 3.17. The summed E-state index contributed by atoms with van der Waals surface area (Å²) in [6.45, 7) is 2.22. The monoisotopic (exact) mass is 274 g/mol. The molecule has 15 heavy (non-hydrogen) atoms. The SMILES string of the molecule is CCCCCCCC[C@H]1C=C(Br)C(=O)O1. The molecule has 0 fully saturated rings. The standard InChI is InChI=1S/C12H19BrO2/c1-2-3-4-5-6-7-8-10-9-11(13)12(14)15-10/h9-10H,2-8H2,1H3/t10-/m0/s1. The summed E-state index contributed by atoms with van der Waals surface area (Å²) in [4.78, 5) is 11.0. The van der Waals surface area contributed by atoms with Crippen molar-refractivity contribution in [1.29, 1.82) is 0 Å². The number of cyclic esters (lactones) is 1. The van der Waals surface area contributed by atoms with Crippen molar-refractivity contribution in [2.45, 2.75) is 58.0 Å². The van der Waals surface area contributed by atoms with Crippen LogP contribution in [-0.2, 0) is 9.53 Å². The predicted molar refractivity (Wildman–Crippen MR) is 64.9 cm³/mol. The predicted octanol–water partition coefficient (Wildman–Crippen LogP) is 3.94. The smallest absolute Gasteiger partial charge is 0.345 e. The average Bonchev–Trinajstić information content (AvgIpc) is 2.52. The molecule has 0 aromatic heterocycles. The third-order valence-corrected chi connectivity index (χ3v) is 3.22. The van der Waals surface area contributed by atoms with E-state index in [0.717, 1.165) is 12.8 Å². The van der Waals surface area contributed by atoms with Crippen molar-refractivity contribution in [3.8, 4) is 0 Å². The minimum Gasteiger partial charge on any atom is -0.454 e. The van der Waals surface area contributed by atoms with Crippen molar-refractivity contribution in [2.24, 2.45) is 0 Å². The minimum absolute atomic E-state index is 0.0121. The Morgan fingerprint density at radius 3 is 2.53 bits per heavy atom. The molecule has 1 rings (SSSR count). The molecule has 3 heteroatoms. The van der Waals surface area contributed by atoms with E-state index in [1.165, 1.54) is 32.1 Å². The second kappa shape index (κ2) is 7.04. The van der Waals surface area contributed by atoms with Crippen LogP contribution in [0, 0.1) is 0 Å². The Morgan fingerprint density at radius 1 is 1.27 bits per heavy atom. The van der Waals surface area contributed by atoms with Gasteiger partial charge in [0.2, 0.25) is 0 Å². The van der Waals surface area contributed by atoms with Crippen molar-refractivity contribution >= 4 is 21.9 Å². The highest BCUT2D eigenvalue weighted by atomic mass is 79.9. The molecule has 0 amide bonds. The molecule has 0 spiro atoms. The Balaban J connectivity index is 2.00. The van der Waals surface area contributed by atoms with Crippen LogP contribution < -0.4 is 0 Å². The van der Waals surface area contributed by atoms with Crippen molar-refractivity contribution in [3.05, 3.63) is 10.6 Å². The molecule has 1 aliphatic heterocycles. The highest BCUT2D eigenvalue weighted by Crippen LogP contribution is 2.22. The van der Waals surface area contributed by atoms with Crippen LogP contribution in [0.5, 0.6) is 0 Å². The van der Waals surface area contributed by atoms with E-state index in [-0.39, 0.29) is 12.1 Å². The van der Waals surface area contributed by atoms with Crippen LogP contribution >= 0.6 is 15.9 Å². The third kappa shape index (κ3) is 4.83. The second-order valence-corrected chi connectivity index (χ2v) is 4.87. The lowest BCUT2D eigenvalue weighted by Gasteiger charge is -2.07. The number of hydrogen-bond donors (Lipinski definition) is 0. The first-order chi connectivity index (χ1) is 7.24. The van der Waals surface area contributed by atoms with Gasteiger partial charge in [0.15, 0.2) is 0 Å². The van der Waals surface area contributed by atoms with Gasteiger partial charge in [-0.3, -0.25) is 0 Å². The van der Waals surface area contributed by atoms with Gasteiger partial charge in [0.05, 0.1) is 0 Å². The summed E-state index contributed by atoms with van der Waals surface area (Å²) in [5, 5.41) is 0. The zero-order valence-corrected chi connectivity index (χ0v) is 10.9. The van der Waals surface area contributed by atoms with Crippen LogP contribution in [-0.4, -0.2) is 12.1 Å². The third-order valence-electron chi connectivity index (χ3n) is 2.63. The Kier molecular flexibility index (Phi) is 5.99. The molecular weight excluding hydrogens is 256 g/mol. The van der Waals surface area contributed by atoms with E-state index in [1.54, 1.807) is 0 Å². The number of unbranched alkanes of at least 4 members (excludes halogenated alkanes) is 5. The Hall–Kier alpha value is -0.310. The van der Waals surface area contributed by atoms with Gasteiger partial charge in [0.1, 0.15) is 10.6 Å². The molecule has 0 bridgehead atoms. The maximum absolute atomic E-state index is 11.0. The molecular formula is C12H19BrO2. The van der Waals surface area contributed by atoms with E-state index in [9.17, 15) is 4.79 Å². The number of hydrogen-bond acceptors (Lipinski definition) is 2. The molecule has 0 saturated carbocycles. The van der Waals surface area contributed by atoms with Crippen LogP contribution in [0.15, 0.2) is 10.6 Å². The normalized spacial score (nSPS) is 20.3. The first-order valence-electron chi connectivity index (χ1n) is 5.82. The van der Waals surface area contributed by atoms with Crippen LogP contribution in [0.4, 0.5) is 0 Å². The fraction of sp³-hybridized carbons (Fsp3) is 0.750. The van der Waals surface area contributed by atoms with Crippen LogP contribution in [0.3, 0.4) is 0 Å². The summed E-state index contributed by atoms with van der Waals surface area (Å²) in [6.07, 6.45) is 10.5. The molecule has 0 aliphatic carbocycles. The van der Waals surface area contributed by atoms with Gasteiger partial charge in [-0.2, -0.15) is 0 Å². The van der Waals surface area contributed by atoms with E-state index in [2.05, 4.69) is 22.9 Å². The fourth-order valence-electron chi connectivity index (χ4n) is 1.73. The van der Waals surface area contributed by atoms with E-state index < -0.39 is 0 Å². The second-order valence-electron chi connectivity index (χ2n) is 4.01. The van der Waals surface area contributed by atoms with Crippen molar-refractivity contribution in [1.82, 2.24) is 0 Å². The molecule has 1 atom stereocenters. The summed E-state index contributed by atoms with van der Waals surface area (Å²) in [6, 6.07) is 0. The van der Waals surface area contributed by atoms with Crippen LogP contribution in [0.2, 0.25) is 0 Å². The largest absolute Gasteiger partial charge is 0.454 e. The highest BCUT2D eigenvalue weighted by molar-refractivity contribution is 9.12. The summed E-state index contributed by atoms with van der Waals surface area (Å²) in [5.41, 5.74) is 0. The molecule has 2 nitrogen and oxygen atoms in total. The number of esters is 1. The quantitative estimate of drug-likeness (QED) is 0.519. The molecule has 0 N–H and O–H groups in total. The van der Waals surface area contributed by atoms with Crippen LogP contribution in [0.25, 0.3) is 0 Å². The van der Waals surface area contributed by atoms with Crippen molar-refractivity contribution < 1.29 is 9.53 Å². The number of carbonyl (C=O) groups is 1. The molecule has 0 aromatic rings. The maximum Gasteiger partial charge on any atom is 0.345 e. The van der Waals surface area contributed by atoms with Gasteiger partial charge in [-0.15, -0.1) is 0 Å². The van der Waals surface area contributed by atoms with E-state index in [0.29, 0.717) is 4.48 Å². The summed E-state index contributed by atoms with van der Waals surface area (Å²) in [5.74, 6) is -0.217. The maximum atomic E-state index is 11.0. The number of carbonyl (C=O) groups excluding carboxylic acids is 1. The van der Waals surface area contributed by atoms with E-state index in [1.807, 2.05) is 6.08 Å². The molecule has 0 unspecified atom stereocenters. The van der Waals surface area contributed by atoms with Gasteiger partial charge in [-0.25, -0.2) is 4.79 Å². The van der Waals surface area contributed by atoms with Crippen molar-refractivity contribution in [3.63, 3.8) is 0 Å². The molecule has 0 saturated heterocycles. The Morgan fingerprint density at radius 2 is 1.93 bits per heavy atom. The van der Waals surface area contributed by atoms with Gasteiger partial charge < -0.3 is 4.74 Å². The Bertz CT molecular complexity index is 236. The molecule has 1 aliphatic rings. The van der Waals surface area contributed by atoms with Gasteiger partial charge in [0, 0.05) is 0 Å². The molecule has 1 heterocycles. The van der Waals surface area contributed by atoms with Crippen molar-refractivity contribution in [2.75, 3.05) is 0 Å². The lowest BCUT2D eigenvalue weighted by molar-refractivity contribution is -0.139. The zero-order chi connectivity index (χ0) is 11.1. The van der Waals surface area contributed by atoms with Gasteiger partial charge in [0.25, 0.3) is 0 Å². The highest BCUT2D eigenvalue weighted by Gasteiger charge is 2.22. The number of rotatable bonds is 7. The average molecular weight is 275 g/mol. The first-order valence-corrected chi connectivity index (χ1v) is 6.61. The topological polar surface area (TPSA) is 26.3 Å².